The molecule has 7 rings (SSSR count). The number of benzene rings is 1. The van der Waals surface area contributed by atoms with E-state index < -0.39 is 28.5 Å². The van der Waals surface area contributed by atoms with Gasteiger partial charge in [0.15, 0.2) is 6.29 Å². The van der Waals surface area contributed by atoms with Gasteiger partial charge in [0.25, 0.3) is 5.91 Å². The van der Waals surface area contributed by atoms with Gasteiger partial charge in [-0.2, -0.15) is 0 Å². The summed E-state index contributed by atoms with van der Waals surface area (Å²) in [7, 11) is 0. The number of ether oxygens (including phenoxy) is 2. The molecule has 1 aliphatic heterocycles. The van der Waals surface area contributed by atoms with Crippen LogP contribution in [0.3, 0.4) is 0 Å². The molecule has 8 heteroatoms. The molecule has 4 bridgehead atoms. The third kappa shape index (κ3) is 3.55. The lowest BCUT2D eigenvalue weighted by atomic mass is 9.43. The summed E-state index contributed by atoms with van der Waals surface area (Å²) in [5.41, 5.74) is -2.01. The molecular weight excluding hydrogens is 550 g/mol. The minimum absolute atomic E-state index is 0.0147. The standard InChI is InChI=1S/C34H41NO6S/c1-19(2)26-12-23-13-32(17-36)25-10-9-20(3)24(25)14-33(23,34(26,32)31(38)39)18-40-29-16-35(15-21(4)41-29)30(37)28-11-22-7-5-6-8-27(22)42-28/h5-8,11-12,17,19-21,23-25,29H,9-10,13-16,18H2,1-4H3,(H,38,39)/t20-,21-,23?,24?,25?,29-,32+,33?,34?/m1/s1. The zero-order valence-corrected chi connectivity index (χ0v) is 25.7. The number of carboxylic acids is 1. The highest BCUT2D eigenvalue weighted by atomic mass is 32.1. The highest BCUT2D eigenvalue weighted by Gasteiger charge is 2.84. The van der Waals surface area contributed by atoms with Gasteiger partial charge in [0.2, 0.25) is 0 Å². The van der Waals surface area contributed by atoms with Crippen molar-refractivity contribution in [2.24, 2.45) is 45.8 Å². The molecule has 4 fully saturated rings. The van der Waals surface area contributed by atoms with E-state index in [2.05, 4.69) is 26.8 Å². The molecule has 5 aliphatic rings. The quantitative estimate of drug-likeness (QED) is 0.312. The van der Waals surface area contributed by atoms with Crippen molar-refractivity contribution >= 4 is 39.6 Å². The van der Waals surface area contributed by atoms with Crippen molar-refractivity contribution in [2.45, 2.75) is 65.8 Å². The van der Waals surface area contributed by atoms with Crippen molar-refractivity contribution in [3.8, 4) is 0 Å². The summed E-state index contributed by atoms with van der Waals surface area (Å²) >= 11 is 1.49. The maximum atomic E-state index is 13.7. The molecule has 5 unspecified atom stereocenters. The van der Waals surface area contributed by atoms with Crippen molar-refractivity contribution in [1.82, 2.24) is 4.90 Å². The number of carboxylic acid groups (broad SMARTS) is 1. The molecule has 1 amide bonds. The van der Waals surface area contributed by atoms with E-state index in [1.54, 1.807) is 4.90 Å². The smallest absolute Gasteiger partial charge is 0.315 e. The van der Waals surface area contributed by atoms with Crippen LogP contribution < -0.4 is 0 Å². The Kier molecular flexibility index (Phi) is 6.54. The van der Waals surface area contributed by atoms with Crippen molar-refractivity contribution in [1.29, 1.82) is 0 Å². The number of aliphatic carboxylic acids is 1. The number of morpholine rings is 1. The average molecular weight is 592 g/mol. The minimum atomic E-state index is -1.28. The predicted molar refractivity (Wildman–Crippen MR) is 160 cm³/mol. The van der Waals surface area contributed by atoms with Crippen LogP contribution in [-0.2, 0) is 19.1 Å². The minimum Gasteiger partial charge on any atom is -0.481 e. The summed E-state index contributed by atoms with van der Waals surface area (Å²) in [6.45, 7) is 9.26. The maximum absolute atomic E-state index is 13.7. The molecule has 7 nitrogen and oxygen atoms in total. The molecule has 3 saturated carbocycles. The summed E-state index contributed by atoms with van der Waals surface area (Å²) in [4.78, 5) is 43.1. The van der Waals surface area contributed by atoms with E-state index in [0.717, 1.165) is 41.2 Å². The fourth-order valence-corrected chi connectivity index (χ4v) is 11.3. The van der Waals surface area contributed by atoms with Gasteiger partial charge in [-0.1, -0.05) is 57.0 Å². The Balaban J connectivity index is 1.20. The lowest BCUT2D eigenvalue weighted by Gasteiger charge is -2.58. The first kappa shape index (κ1) is 28.2. The molecule has 2 aromatic rings. The number of nitrogens with zero attached hydrogens (tertiary/aromatic N) is 1. The molecule has 2 heterocycles. The molecule has 0 spiro atoms. The second-order valence-corrected chi connectivity index (χ2v) is 15.1. The number of allylic oxidation sites excluding steroid dienone is 1. The van der Waals surface area contributed by atoms with Crippen LogP contribution >= 0.6 is 11.3 Å². The van der Waals surface area contributed by atoms with E-state index in [-0.39, 0.29) is 42.9 Å². The molecule has 42 heavy (non-hydrogen) atoms. The van der Waals surface area contributed by atoms with Gasteiger partial charge in [-0.3, -0.25) is 9.59 Å². The summed E-state index contributed by atoms with van der Waals surface area (Å²) in [6.07, 6.45) is 5.60. The molecule has 9 atom stereocenters. The number of fused-ring (bicyclic) bond motifs is 3. The fraction of sp³-hybridized carbons (Fsp3) is 0.618. The first-order valence-electron chi connectivity index (χ1n) is 15.5. The van der Waals surface area contributed by atoms with Crippen molar-refractivity contribution in [2.75, 3.05) is 19.7 Å². The molecule has 1 aromatic heterocycles. The SMILES string of the molecule is CC(C)C1=CC2C[C@]3(C=O)C4CC[C@@H](C)C4CC2(CO[C@H]2CN(C(=O)c4cc5ccccc5s4)C[C@@H](C)O2)C13C(=O)O. The van der Waals surface area contributed by atoms with E-state index in [1.807, 2.05) is 37.3 Å². The van der Waals surface area contributed by atoms with Gasteiger partial charge in [-0.05, 0) is 73.3 Å². The first-order chi connectivity index (χ1) is 20.1. The Morgan fingerprint density at radius 2 is 1.98 bits per heavy atom. The van der Waals surface area contributed by atoms with Gasteiger partial charge >= 0.3 is 5.97 Å². The van der Waals surface area contributed by atoms with Gasteiger partial charge in [-0.25, -0.2) is 0 Å². The molecular formula is C34H41NO6S. The van der Waals surface area contributed by atoms with E-state index in [9.17, 15) is 19.5 Å². The average Bonchev–Trinajstić information content (AvgIpc) is 3.68. The van der Waals surface area contributed by atoms with Gasteiger partial charge in [-0.15, -0.1) is 11.3 Å². The molecule has 224 valence electrons. The number of hydrogen-bond acceptors (Lipinski definition) is 6. The first-order valence-corrected chi connectivity index (χ1v) is 16.4. The Bertz CT molecular complexity index is 1450. The van der Waals surface area contributed by atoms with Crippen LogP contribution in [0.15, 0.2) is 42.0 Å². The Hall–Kier alpha value is -2.55. The number of rotatable bonds is 7. The zero-order valence-electron chi connectivity index (χ0n) is 24.9. The van der Waals surface area contributed by atoms with E-state index in [4.69, 9.17) is 9.47 Å². The van der Waals surface area contributed by atoms with Crippen LogP contribution in [0.1, 0.15) is 63.0 Å². The zero-order chi connectivity index (χ0) is 29.6. The van der Waals surface area contributed by atoms with Gasteiger partial charge in [0, 0.05) is 16.7 Å². The number of hydrogen-bond donors (Lipinski definition) is 1. The second-order valence-electron chi connectivity index (χ2n) is 14.0. The Labute approximate surface area is 251 Å². The van der Waals surface area contributed by atoms with Crippen molar-refractivity contribution in [3.05, 3.63) is 46.9 Å². The molecule has 1 aromatic carbocycles. The monoisotopic (exact) mass is 591 g/mol. The maximum Gasteiger partial charge on any atom is 0.315 e. The lowest BCUT2D eigenvalue weighted by molar-refractivity contribution is -0.232. The number of carbonyl (C=O) groups is 3. The summed E-state index contributed by atoms with van der Waals surface area (Å²) < 4.78 is 13.9. The highest BCUT2D eigenvalue weighted by Crippen LogP contribution is 2.82. The second kappa shape index (κ2) is 9.73. The molecule has 0 radical (unpaired) electrons. The molecule has 1 saturated heterocycles. The number of amides is 1. The van der Waals surface area contributed by atoms with Crippen LogP contribution in [0.5, 0.6) is 0 Å². The van der Waals surface area contributed by atoms with E-state index in [0.29, 0.717) is 29.7 Å². The third-order valence-corrected chi connectivity index (χ3v) is 12.9. The van der Waals surface area contributed by atoms with Crippen molar-refractivity contribution < 1.29 is 29.0 Å². The number of carbonyl (C=O) groups excluding carboxylic acids is 2. The van der Waals surface area contributed by atoms with Crippen LogP contribution in [0.25, 0.3) is 10.1 Å². The van der Waals surface area contributed by atoms with E-state index in [1.165, 1.54) is 11.3 Å². The van der Waals surface area contributed by atoms with Crippen LogP contribution in [0.4, 0.5) is 0 Å². The lowest BCUT2D eigenvalue weighted by Crippen LogP contribution is -2.64. The van der Waals surface area contributed by atoms with Gasteiger partial charge < -0.3 is 24.3 Å². The highest BCUT2D eigenvalue weighted by molar-refractivity contribution is 7.20. The summed E-state index contributed by atoms with van der Waals surface area (Å²) in [5.74, 6) is -0.108. The largest absolute Gasteiger partial charge is 0.481 e. The summed E-state index contributed by atoms with van der Waals surface area (Å²) in [5, 5.41) is 12.3. The van der Waals surface area contributed by atoms with E-state index >= 15 is 0 Å². The predicted octanol–water partition coefficient (Wildman–Crippen LogP) is 6.03. The Morgan fingerprint density at radius 1 is 1.19 bits per heavy atom. The molecule has 4 aliphatic carbocycles. The fourth-order valence-electron chi connectivity index (χ4n) is 10.3. The molecule has 1 N–H and O–H groups in total. The normalized spacial score (nSPS) is 40.4. The third-order valence-electron chi connectivity index (χ3n) is 11.8. The van der Waals surface area contributed by atoms with Crippen molar-refractivity contribution in [3.63, 3.8) is 0 Å². The number of thiophene rings is 1. The summed E-state index contributed by atoms with van der Waals surface area (Å²) in [6, 6.07) is 9.94. The van der Waals surface area contributed by atoms with Crippen LogP contribution in [0.2, 0.25) is 0 Å². The van der Waals surface area contributed by atoms with Crippen LogP contribution in [0, 0.1) is 45.8 Å². The topological polar surface area (TPSA) is 93.1 Å². The van der Waals surface area contributed by atoms with Gasteiger partial charge in [0.1, 0.15) is 11.7 Å². The number of aldehydes is 1. The Morgan fingerprint density at radius 3 is 2.69 bits per heavy atom. The van der Waals surface area contributed by atoms with Gasteiger partial charge in [0.05, 0.1) is 29.5 Å². The van der Waals surface area contributed by atoms with Crippen LogP contribution in [-0.4, -0.2) is 60.3 Å².